The average molecular weight is 153 g/mol. The first-order chi connectivity index (χ1) is 4.06. The van der Waals surface area contributed by atoms with Gasteiger partial charge in [0.1, 0.15) is 0 Å². The number of methoxy groups -OCH3 is 1. The number of hydrogen-bond donors (Lipinski definition) is 2. The molecule has 0 saturated carbocycles. The van der Waals surface area contributed by atoms with Crippen molar-refractivity contribution in [2.24, 2.45) is 0 Å². The zero-order valence-electron chi connectivity index (χ0n) is 6.18. The van der Waals surface area contributed by atoms with Crippen molar-refractivity contribution in [1.29, 1.82) is 0 Å². The van der Waals surface area contributed by atoms with Crippen LogP contribution in [0.4, 0.5) is 0 Å². The van der Waals surface area contributed by atoms with Crippen molar-refractivity contribution >= 4 is 10.1 Å². The maximum atomic E-state index is 10.9. The molecular weight excluding hydrogens is 138 g/mol. The van der Waals surface area contributed by atoms with Crippen LogP contribution in [0, 0.1) is 0 Å². The second kappa shape index (κ2) is 3.98. The minimum absolute atomic E-state index is 0.617. The molecule has 3 nitrogen and oxygen atoms in total. The van der Waals surface area contributed by atoms with E-state index in [-0.39, 0.29) is 0 Å². The van der Waals surface area contributed by atoms with Crippen molar-refractivity contribution in [2.75, 3.05) is 32.8 Å². The van der Waals surface area contributed by atoms with Crippen molar-refractivity contribution in [3.63, 3.8) is 0 Å². The molecule has 0 aliphatic rings. The van der Waals surface area contributed by atoms with Crippen LogP contribution >= 0.6 is 0 Å². The third-order valence-electron chi connectivity index (χ3n) is 0.799. The smallest absolute Gasteiger partial charge is 0.0596 e. The largest absolute Gasteiger partial charge is 0.383 e. The average Bonchev–Trinajstić information content (AvgIpc) is 1.63. The van der Waals surface area contributed by atoms with Crippen LogP contribution in [-0.4, -0.2) is 37.0 Å². The highest BCUT2D eigenvalue weighted by Gasteiger charge is 1.95. The van der Waals surface area contributed by atoms with Crippen LogP contribution in [0.15, 0.2) is 0 Å². The number of thiol groups is 1. The molecule has 0 aliphatic heterocycles. The Labute approximate surface area is 57.3 Å². The van der Waals surface area contributed by atoms with E-state index in [0.717, 1.165) is 0 Å². The lowest BCUT2D eigenvalue weighted by atomic mass is 10.7. The summed E-state index contributed by atoms with van der Waals surface area (Å²) in [6.07, 6.45) is 3.39. The molecule has 0 heterocycles. The van der Waals surface area contributed by atoms with Gasteiger partial charge in [-0.25, -0.2) is 0 Å². The standard InChI is InChI=1S/C5H15NO2S/c1-8-5-4-6-9(2,3)7/h9H,4-5H2,1-3H3,(H,6,7). The third kappa shape index (κ3) is 8.07. The van der Waals surface area contributed by atoms with Gasteiger partial charge in [0.15, 0.2) is 0 Å². The lowest BCUT2D eigenvalue weighted by Gasteiger charge is -2.12. The Balaban J connectivity index is 3.18. The van der Waals surface area contributed by atoms with Gasteiger partial charge in [-0.2, -0.15) is 0 Å². The highest BCUT2D eigenvalue weighted by Crippen LogP contribution is 1.81. The monoisotopic (exact) mass is 153 g/mol. The summed E-state index contributed by atoms with van der Waals surface area (Å²) in [5, 5.41) is 0. The van der Waals surface area contributed by atoms with Gasteiger partial charge in [0, 0.05) is 26.2 Å². The van der Waals surface area contributed by atoms with E-state index in [1.165, 1.54) is 0 Å². The molecule has 0 unspecified atom stereocenters. The fraction of sp³-hybridized carbons (Fsp3) is 1.00. The molecule has 4 heteroatoms. The van der Waals surface area contributed by atoms with Crippen molar-refractivity contribution in [3.8, 4) is 0 Å². The molecule has 0 radical (unpaired) electrons. The second-order valence-electron chi connectivity index (χ2n) is 2.25. The first kappa shape index (κ1) is 9.07. The Morgan fingerprint density at radius 1 is 1.56 bits per heavy atom. The first-order valence-corrected chi connectivity index (χ1v) is 5.45. The number of rotatable bonds is 4. The predicted molar refractivity (Wildman–Crippen MR) is 41.3 cm³/mol. The minimum atomic E-state index is -2.03. The molecule has 9 heavy (non-hydrogen) atoms. The highest BCUT2D eigenvalue weighted by atomic mass is 32.3. The van der Waals surface area contributed by atoms with E-state index in [1.54, 1.807) is 19.6 Å². The summed E-state index contributed by atoms with van der Waals surface area (Å²) >= 11 is 0. The molecular formula is C5H15NO2S. The second-order valence-corrected chi connectivity index (χ2v) is 5.27. The van der Waals surface area contributed by atoms with E-state index < -0.39 is 10.1 Å². The summed E-state index contributed by atoms with van der Waals surface area (Å²) in [4.78, 5) is 0. The zero-order valence-corrected chi connectivity index (χ0v) is 7.07. The number of nitrogens with one attached hydrogen (secondary N) is 1. The molecule has 0 atom stereocenters. The van der Waals surface area contributed by atoms with Gasteiger partial charge in [-0.15, -0.1) is 0 Å². The van der Waals surface area contributed by atoms with Gasteiger partial charge >= 0.3 is 0 Å². The lowest BCUT2D eigenvalue weighted by molar-refractivity contribution is 0.204. The predicted octanol–water partition coefficient (Wildman–Crippen LogP) is -0.586. The van der Waals surface area contributed by atoms with E-state index in [0.29, 0.717) is 13.2 Å². The van der Waals surface area contributed by atoms with Crippen LogP contribution in [0.1, 0.15) is 0 Å². The summed E-state index contributed by atoms with van der Waals surface area (Å²) in [6.45, 7) is 1.28. The Kier molecular flexibility index (Phi) is 4.01. The van der Waals surface area contributed by atoms with E-state index in [2.05, 4.69) is 4.72 Å². The maximum absolute atomic E-state index is 10.9. The minimum Gasteiger partial charge on any atom is -0.383 e. The van der Waals surface area contributed by atoms with Crippen molar-refractivity contribution < 1.29 is 8.95 Å². The molecule has 0 aromatic carbocycles. The molecule has 0 aromatic rings. The third-order valence-corrected chi connectivity index (χ3v) is 1.78. The van der Waals surface area contributed by atoms with Gasteiger partial charge in [0.2, 0.25) is 0 Å². The van der Waals surface area contributed by atoms with Crippen LogP contribution in [0.3, 0.4) is 0 Å². The van der Waals surface area contributed by atoms with Crippen LogP contribution in [-0.2, 0) is 14.9 Å². The molecule has 0 saturated heterocycles. The first-order valence-electron chi connectivity index (χ1n) is 2.85. The molecule has 1 N–H and O–H groups in total. The number of hydrogen-bond acceptors (Lipinski definition) is 2. The van der Waals surface area contributed by atoms with Gasteiger partial charge in [-0.05, 0) is 0 Å². The Morgan fingerprint density at radius 3 is 2.44 bits per heavy atom. The number of ether oxygens (including phenoxy) is 1. The Morgan fingerprint density at radius 2 is 2.11 bits per heavy atom. The molecule has 0 fully saturated rings. The van der Waals surface area contributed by atoms with Crippen molar-refractivity contribution in [2.45, 2.75) is 0 Å². The van der Waals surface area contributed by atoms with Crippen LogP contribution in [0.5, 0.6) is 0 Å². The molecule has 0 rings (SSSR count). The topological polar surface area (TPSA) is 38.3 Å². The zero-order chi connectivity index (χ0) is 7.33. The van der Waals surface area contributed by atoms with Crippen LogP contribution in [0.25, 0.3) is 0 Å². The lowest BCUT2D eigenvalue weighted by Crippen LogP contribution is -2.31. The van der Waals surface area contributed by atoms with Gasteiger partial charge < -0.3 is 4.74 Å². The van der Waals surface area contributed by atoms with Crippen LogP contribution in [0.2, 0.25) is 0 Å². The molecule has 0 spiro atoms. The summed E-state index contributed by atoms with van der Waals surface area (Å²) < 4.78 is 18.5. The normalized spacial score (nSPS) is 13.7. The maximum Gasteiger partial charge on any atom is 0.0596 e. The van der Waals surface area contributed by atoms with Gasteiger partial charge in [0.05, 0.1) is 6.61 Å². The SMILES string of the molecule is COCCN[SH](C)(C)=O. The van der Waals surface area contributed by atoms with E-state index >= 15 is 0 Å². The van der Waals surface area contributed by atoms with Crippen LogP contribution < -0.4 is 4.72 Å². The van der Waals surface area contributed by atoms with Crippen molar-refractivity contribution in [3.05, 3.63) is 0 Å². The summed E-state index contributed by atoms with van der Waals surface area (Å²) in [6, 6.07) is 0. The Bertz CT molecular complexity index is 110. The summed E-state index contributed by atoms with van der Waals surface area (Å²) in [7, 11) is -0.402. The molecule has 0 bridgehead atoms. The molecule has 0 amide bonds. The van der Waals surface area contributed by atoms with Gasteiger partial charge in [-0.1, -0.05) is 10.1 Å². The van der Waals surface area contributed by atoms with Gasteiger partial charge in [-0.3, -0.25) is 8.93 Å². The fourth-order valence-corrected chi connectivity index (χ4v) is 1.05. The highest BCUT2D eigenvalue weighted by molar-refractivity contribution is 7.99. The summed E-state index contributed by atoms with van der Waals surface area (Å²) in [5.74, 6) is 0. The van der Waals surface area contributed by atoms with E-state index in [1.807, 2.05) is 0 Å². The quantitative estimate of drug-likeness (QED) is 0.419. The molecule has 58 valence electrons. The van der Waals surface area contributed by atoms with E-state index in [4.69, 9.17) is 4.74 Å². The summed E-state index contributed by atoms with van der Waals surface area (Å²) in [5.41, 5.74) is 0. The van der Waals surface area contributed by atoms with E-state index in [9.17, 15) is 4.21 Å². The van der Waals surface area contributed by atoms with Gasteiger partial charge in [0.25, 0.3) is 0 Å². The van der Waals surface area contributed by atoms with Crippen molar-refractivity contribution in [1.82, 2.24) is 4.72 Å². The Hall–Kier alpha value is 0.0700. The fourth-order valence-electron chi connectivity index (χ4n) is 0.417. The molecule has 0 aliphatic carbocycles. The molecule has 0 aromatic heterocycles.